The first-order valence-corrected chi connectivity index (χ1v) is 4.25. The molecule has 0 atom stereocenters. The van der Waals surface area contributed by atoms with Crippen molar-refractivity contribution < 1.29 is 10.2 Å². The monoisotopic (exact) mass is 213 g/mol. The second-order valence-corrected chi connectivity index (χ2v) is 2.97. The van der Waals surface area contributed by atoms with Crippen LogP contribution in [0.25, 0.3) is 0 Å². The average molecular weight is 213 g/mol. The highest BCUT2D eigenvalue weighted by atomic mass is 32.1. The quantitative estimate of drug-likeness (QED) is 0.700. The Hall–Kier alpha value is -1.20. The summed E-state index contributed by atoms with van der Waals surface area (Å²) in [4.78, 5) is 0.991. The maximum Gasteiger partial charge on any atom is 0.269 e. The van der Waals surface area contributed by atoms with Crippen molar-refractivity contribution in [3.05, 3.63) is 30.3 Å². The van der Waals surface area contributed by atoms with Crippen LogP contribution >= 0.6 is 24.4 Å². The van der Waals surface area contributed by atoms with E-state index in [0.717, 1.165) is 4.90 Å². The van der Waals surface area contributed by atoms with E-state index in [0.29, 0.717) is 5.69 Å². The minimum atomic E-state index is -0.473. The van der Waals surface area contributed by atoms with E-state index < -0.39 is 10.3 Å². The van der Waals surface area contributed by atoms with Gasteiger partial charge in [-0.3, -0.25) is 0 Å². The molecule has 68 valence electrons. The molecule has 0 heterocycles. The van der Waals surface area contributed by atoms with E-state index in [2.05, 4.69) is 24.4 Å². The fourth-order valence-electron chi connectivity index (χ4n) is 0.880. The van der Waals surface area contributed by atoms with Crippen molar-refractivity contribution in [3.8, 4) is 0 Å². The van der Waals surface area contributed by atoms with Gasteiger partial charge in [0.25, 0.3) is 10.3 Å². The Bertz CT molecular complexity index is 312. The molecule has 0 radical (unpaired) electrons. The van der Waals surface area contributed by atoms with E-state index >= 15 is 0 Å². The van der Waals surface area contributed by atoms with Crippen LogP contribution in [-0.2, 0) is 0 Å². The van der Waals surface area contributed by atoms with Crippen LogP contribution in [0.5, 0.6) is 0 Å². The lowest BCUT2D eigenvalue weighted by Crippen LogP contribution is -2.33. The molecule has 0 bridgehead atoms. The minimum Gasteiger partial charge on any atom is -0.486 e. The van der Waals surface area contributed by atoms with E-state index in [-0.39, 0.29) is 0 Å². The number of rotatable bonds is 1. The zero-order valence-electron chi connectivity index (χ0n) is 6.54. The number of para-hydroxylation sites is 1. The van der Waals surface area contributed by atoms with Gasteiger partial charge in [0.1, 0.15) is 0 Å². The highest BCUT2D eigenvalue weighted by Crippen LogP contribution is 2.13. The number of aliphatic hydroxyl groups excluding tert-OH is 2. The molecule has 1 rings (SSSR count). The number of thiocarbonyl (C=S) groups is 2. The molecule has 0 aliphatic heterocycles. The predicted octanol–water partition coefficient (Wildman–Crippen LogP) is 2.18. The summed E-state index contributed by atoms with van der Waals surface area (Å²) in [6, 6.07) is 8.65. The third-order valence-corrected chi connectivity index (χ3v) is 1.76. The topological polar surface area (TPSA) is 43.7 Å². The summed E-state index contributed by atoms with van der Waals surface area (Å²) < 4.78 is 0. The lowest BCUT2D eigenvalue weighted by molar-refractivity contribution is 0.530. The van der Waals surface area contributed by atoms with Gasteiger partial charge >= 0.3 is 0 Å². The van der Waals surface area contributed by atoms with Crippen molar-refractivity contribution in [1.82, 2.24) is 0 Å². The van der Waals surface area contributed by atoms with Gasteiger partial charge in [0.05, 0.1) is 5.69 Å². The Balaban J connectivity index is 3.03. The Kier molecular flexibility index (Phi) is 3.16. The van der Waals surface area contributed by atoms with Crippen LogP contribution in [0.15, 0.2) is 30.3 Å². The van der Waals surface area contributed by atoms with Gasteiger partial charge in [-0.05, 0) is 36.6 Å². The van der Waals surface area contributed by atoms with Crippen LogP contribution in [0, 0.1) is 0 Å². The molecule has 0 aliphatic rings. The number of anilines is 1. The fraction of sp³-hybridized carbons (Fsp3) is 0. The highest BCUT2D eigenvalue weighted by Gasteiger charge is 2.14. The molecule has 0 aliphatic carbocycles. The van der Waals surface area contributed by atoms with E-state index in [1.54, 1.807) is 24.3 Å². The van der Waals surface area contributed by atoms with Gasteiger partial charge in [0.15, 0.2) is 0 Å². The minimum absolute atomic E-state index is 0.473. The molecule has 2 N–H and O–H groups in total. The summed E-state index contributed by atoms with van der Waals surface area (Å²) >= 11 is 9.02. The molecular weight excluding hydrogens is 206 g/mol. The summed E-state index contributed by atoms with van der Waals surface area (Å²) in [6.07, 6.45) is 0. The summed E-state index contributed by atoms with van der Waals surface area (Å²) in [6.45, 7) is 0. The Morgan fingerprint density at radius 3 is 1.85 bits per heavy atom. The Morgan fingerprint density at radius 1 is 1.00 bits per heavy atom. The van der Waals surface area contributed by atoms with Gasteiger partial charge in [-0.1, -0.05) is 18.2 Å². The van der Waals surface area contributed by atoms with Crippen molar-refractivity contribution in [3.63, 3.8) is 0 Å². The molecule has 0 fully saturated rings. The smallest absolute Gasteiger partial charge is 0.269 e. The first kappa shape index (κ1) is 9.88. The molecule has 0 unspecified atom stereocenters. The van der Waals surface area contributed by atoms with Crippen molar-refractivity contribution >= 4 is 40.5 Å². The van der Waals surface area contributed by atoms with Crippen molar-refractivity contribution in [2.45, 2.75) is 0 Å². The number of hydrogen-bond acceptors (Lipinski definition) is 2. The first-order chi connectivity index (χ1) is 6.13. The predicted molar refractivity (Wildman–Crippen MR) is 59.4 cm³/mol. The molecule has 0 spiro atoms. The SMILES string of the molecule is OC(=S)N(C(O)=S)c1ccccc1. The van der Waals surface area contributed by atoms with Crippen molar-refractivity contribution in [2.24, 2.45) is 0 Å². The van der Waals surface area contributed by atoms with Gasteiger partial charge in [-0.15, -0.1) is 0 Å². The van der Waals surface area contributed by atoms with Gasteiger partial charge in [0, 0.05) is 0 Å². The number of benzene rings is 1. The van der Waals surface area contributed by atoms with Crippen LogP contribution in [-0.4, -0.2) is 20.6 Å². The largest absolute Gasteiger partial charge is 0.486 e. The lowest BCUT2D eigenvalue weighted by atomic mass is 10.3. The molecule has 1 aromatic rings. The Morgan fingerprint density at radius 2 is 1.46 bits per heavy atom. The molecule has 1 aromatic carbocycles. The van der Waals surface area contributed by atoms with Crippen molar-refractivity contribution in [2.75, 3.05) is 4.90 Å². The van der Waals surface area contributed by atoms with Crippen LogP contribution in [0.2, 0.25) is 0 Å². The van der Waals surface area contributed by atoms with Crippen LogP contribution in [0.1, 0.15) is 0 Å². The van der Waals surface area contributed by atoms with E-state index in [4.69, 9.17) is 10.2 Å². The summed E-state index contributed by atoms with van der Waals surface area (Å²) in [7, 11) is 0. The second-order valence-electron chi connectivity index (χ2n) is 2.24. The summed E-state index contributed by atoms with van der Waals surface area (Å²) in [5.41, 5.74) is 0.530. The normalized spacial score (nSPS) is 9.23. The molecule has 5 heteroatoms. The number of nitrogens with zero attached hydrogens (tertiary/aromatic N) is 1. The van der Waals surface area contributed by atoms with Gasteiger partial charge < -0.3 is 10.2 Å². The van der Waals surface area contributed by atoms with Gasteiger partial charge in [-0.2, -0.15) is 0 Å². The average Bonchev–Trinajstić information content (AvgIpc) is 2.04. The maximum atomic E-state index is 9.05. The highest BCUT2D eigenvalue weighted by molar-refractivity contribution is 7.82. The van der Waals surface area contributed by atoms with E-state index in [9.17, 15) is 0 Å². The lowest BCUT2D eigenvalue weighted by Gasteiger charge is -2.17. The fourth-order valence-corrected chi connectivity index (χ4v) is 1.32. The molecule has 0 saturated heterocycles. The third kappa shape index (κ3) is 2.37. The molecule has 0 aromatic heterocycles. The zero-order valence-corrected chi connectivity index (χ0v) is 8.18. The summed E-state index contributed by atoms with van der Waals surface area (Å²) in [5, 5.41) is 17.1. The number of aliphatic hydroxyl groups is 2. The molecule has 0 amide bonds. The first-order valence-electron chi connectivity index (χ1n) is 3.44. The number of hydrogen-bond donors (Lipinski definition) is 2. The standard InChI is InChI=1S/C8H7NO2S2/c10-7(12)9(8(11)13)6-4-2-1-3-5-6/h1-5H,(H,10,12)(H,11,13). The molecule has 0 saturated carbocycles. The van der Waals surface area contributed by atoms with Crippen LogP contribution in [0.3, 0.4) is 0 Å². The van der Waals surface area contributed by atoms with Crippen molar-refractivity contribution in [1.29, 1.82) is 0 Å². The maximum absolute atomic E-state index is 9.05. The second kappa shape index (κ2) is 4.15. The van der Waals surface area contributed by atoms with Gasteiger partial charge in [-0.25, -0.2) is 4.90 Å². The summed E-state index contributed by atoms with van der Waals surface area (Å²) in [5.74, 6) is 0. The van der Waals surface area contributed by atoms with Crippen LogP contribution in [0.4, 0.5) is 5.69 Å². The third-order valence-electron chi connectivity index (χ3n) is 1.40. The molecule has 3 nitrogen and oxygen atoms in total. The zero-order chi connectivity index (χ0) is 9.84. The van der Waals surface area contributed by atoms with E-state index in [1.807, 2.05) is 6.07 Å². The van der Waals surface area contributed by atoms with Crippen LogP contribution < -0.4 is 4.90 Å². The van der Waals surface area contributed by atoms with Gasteiger partial charge in [0.2, 0.25) is 0 Å². The molecular formula is C8H7NO2S2. The molecule has 13 heavy (non-hydrogen) atoms. The van der Waals surface area contributed by atoms with E-state index in [1.165, 1.54) is 0 Å². The Labute approximate surface area is 86.2 Å².